The number of amides is 1. The summed E-state index contributed by atoms with van der Waals surface area (Å²) >= 11 is 0. The number of halogens is 2. The van der Waals surface area contributed by atoms with Gasteiger partial charge in [-0.25, -0.2) is 8.78 Å². The van der Waals surface area contributed by atoms with E-state index in [0.717, 1.165) is 12.1 Å². The van der Waals surface area contributed by atoms with E-state index < -0.39 is 17.4 Å². The van der Waals surface area contributed by atoms with Crippen molar-refractivity contribution in [2.45, 2.75) is 32.9 Å². The van der Waals surface area contributed by atoms with Gasteiger partial charge in [0.2, 0.25) is 5.91 Å². The van der Waals surface area contributed by atoms with Crippen molar-refractivity contribution in [1.82, 2.24) is 10.6 Å². The molecule has 0 aliphatic heterocycles. The third kappa shape index (κ3) is 5.21. The summed E-state index contributed by atoms with van der Waals surface area (Å²) in [7, 11) is 0. The van der Waals surface area contributed by atoms with E-state index in [1.165, 1.54) is 0 Å². The van der Waals surface area contributed by atoms with Gasteiger partial charge >= 0.3 is 0 Å². The molecule has 0 radical (unpaired) electrons. The van der Waals surface area contributed by atoms with Crippen LogP contribution in [-0.2, 0) is 11.3 Å². The summed E-state index contributed by atoms with van der Waals surface area (Å²) in [5, 5.41) is 14.6. The van der Waals surface area contributed by atoms with Gasteiger partial charge in [0.05, 0.1) is 0 Å². The zero-order chi connectivity index (χ0) is 14.4. The highest BCUT2D eigenvalue weighted by atomic mass is 19.1. The molecule has 19 heavy (non-hydrogen) atoms. The molecule has 1 amide bonds. The van der Waals surface area contributed by atoms with Crippen molar-refractivity contribution in [3.05, 3.63) is 29.3 Å². The Morgan fingerprint density at radius 1 is 1.32 bits per heavy atom. The number of rotatable bonds is 6. The second kappa shape index (κ2) is 7.04. The van der Waals surface area contributed by atoms with Crippen LogP contribution >= 0.6 is 0 Å². The molecule has 0 saturated carbocycles. The maximum Gasteiger partial charge on any atom is 0.221 e. The number of phenols is 1. The fourth-order valence-corrected chi connectivity index (χ4v) is 1.55. The molecular weight excluding hydrogens is 254 g/mol. The number of aromatic hydroxyl groups is 1. The van der Waals surface area contributed by atoms with Crippen LogP contribution in [0.25, 0.3) is 0 Å². The molecule has 0 spiro atoms. The Morgan fingerprint density at radius 2 is 1.89 bits per heavy atom. The van der Waals surface area contributed by atoms with Gasteiger partial charge in [-0.2, -0.15) is 0 Å². The molecule has 0 aliphatic carbocycles. The molecule has 0 saturated heterocycles. The fraction of sp³-hybridized carbons (Fsp3) is 0.462. The summed E-state index contributed by atoms with van der Waals surface area (Å²) in [5.41, 5.74) is 0.372. The lowest BCUT2D eigenvalue weighted by Crippen LogP contribution is -2.32. The van der Waals surface area contributed by atoms with Gasteiger partial charge in [0.15, 0.2) is 17.4 Å². The molecule has 3 N–H and O–H groups in total. The minimum absolute atomic E-state index is 0.0782. The molecular formula is C13H18F2N2O2. The van der Waals surface area contributed by atoms with E-state index in [9.17, 15) is 13.6 Å². The lowest BCUT2D eigenvalue weighted by atomic mass is 10.2. The summed E-state index contributed by atoms with van der Waals surface area (Å²) in [6, 6.07) is 2.20. The molecule has 106 valence electrons. The van der Waals surface area contributed by atoms with E-state index in [2.05, 4.69) is 10.6 Å². The third-order valence-electron chi connectivity index (χ3n) is 2.38. The highest BCUT2D eigenvalue weighted by molar-refractivity contribution is 5.76. The molecule has 0 unspecified atom stereocenters. The molecule has 6 heteroatoms. The molecule has 4 nitrogen and oxygen atoms in total. The maximum atomic E-state index is 13.0. The van der Waals surface area contributed by atoms with Gasteiger partial charge in [-0.1, -0.05) is 0 Å². The maximum absolute atomic E-state index is 13.0. The fourth-order valence-electron chi connectivity index (χ4n) is 1.55. The van der Waals surface area contributed by atoms with Gasteiger partial charge in [0, 0.05) is 25.6 Å². The summed E-state index contributed by atoms with van der Waals surface area (Å²) in [5.74, 6) is -3.03. The standard InChI is InChI=1S/C13H18F2N2O2/c1-8(2)17-12(18)3-4-16-7-9-5-10(14)13(19)11(15)6-9/h5-6,8,16,19H,3-4,7H2,1-2H3,(H,17,18). The van der Waals surface area contributed by atoms with E-state index in [1.54, 1.807) is 0 Å². The predicted octanol–water partition coefficient (Wildman–Crippen LogP) is 1.67. The van der Waals surface area contributed by atoms with Crippen molar-refractivity contribution in [3.63, 3.8) is 0 Å². The molecule has 0 bridgehead atoms. The first kappa shape index (κ1) is 15.4. The van der Waals surface area contributed by atoms with Gasteiger partial charge in [-0.15, -0.1) is 0 Å². The third-order valence-corrected chi connectivity index (χ3v) is 2.38. The molecule has 0 atom stereocenters. The van der Waals surface area contributed by atoms with E-state index in [-0.39, 0.29) is 18.5 Å². The first-order chi connectivity index (χ1) is 8.90. The van der Waals surface area contributed by atoms with Gasteiger partial charge in [-0.05, 0) is 31.5 Å². The number of carbonyl (C=O) groups excluding carboxylic acids is 1. The second-order valence-electron chi connectivity index (χ2n) is 4.56. The number of hydrogen-bond donors (Lipinski definition) is 3. The van der Waals surface area contributed by atoms with Crippen LogP contribution in [0.1, 0.15) is 25.8 Å². The number of carbonyl (C=O) groups is 1. The smallest absolute Gasteiger partial charge is 0.221 e. The van der Waals surface area contributed by atoms with Crippen LogP contribution < -0.4 is 10.6 Å². The van der Waals surface area contributed by atoms with E-state index >= 15 is 0 Å². The van der Waals surface area contributed by atoms with Crippen molar-refractivity contribution in [2.24, 2.45) is 0 Å². The number of nitrogens with one attached hydrogen (secondary N) is 2. The van der Waals surface area contributed by atoms with Gasteiger partial charge in [0.25, 0.3) is 0 Å². The van der Waals surface area contributed by atoms with Crippen LogP contribution in [0.2, 0.25) is 0 Å². The Morgan fingerprint density at radius 3 is 2.42 bits per heavy atom. The highest BCUT2D eigenvalue weighted by Gasteiger charge is 2.09. The number of hydrogen-bond acceptors (Lipinski definition) is 3. The van der Waals surface area contributed by atoms with Gasteiger partial charge < -0.3 is 15.7 Å². The zero-order valence-corrected chi connectivity index (χ0v) is 11.0. The van der Waals surface area contributed by atoms with Crippen molar-refractivity contribution in [3.8, 4) is 5.75 Å². The van der Waals surface area contributed by atoms with Crippen LogP contribution in [0.4, 0.5) is 8.78 Å². The Labute approximate surface area is 110 Å². The minimum Gasteiger partial charge on any atom is -0.503 e. The van der Waals surface area contributed by atoms with E-state index in [4.69, 9.17) is 5.11 Å². The summed E-state index contributed by atoms with van der Waals surface area (Å²) in [6.45, 7) is 4.37. The molecule has 0 aliphatic rings. The average molecular weight is 272 g/mol. The molecule has 0 heterocycles. The van der Waals surface area contributed by atoms with E-state index in [0.29, 0.717) is 18.5 Å². The molecule has 1 aromatic rings. The Hall–Kier alpha value is -1.69. The molecule has 0 aromatic heterocycles. The predicted molar refractivity (Wildman–Crippen MR) is 67.6 cm³/mol. The Kier molecular flexibility index (Phi) is 5.69. The second-order valence-corrected chi connectivity index (χ2v) is 4.56. The van der Waals surface area contributed by atoms with Crippen molar-refractivity contribution >= 4 is 5.91 Å². The molecule has 1 aromatic carbocycles. The van der Waals surface area contributed by atoms with Crippen molar-refractivity contribution in [1.29, 1.82) is 0 Å². The van der Waals surface area contributed by atoms with E-state index in [1.807, 2.05) is 13.8 Å². The lowest BCUT2D eigenvalue weighted by molar-refractivity contribution is -0.121. The van der Waals surface area contributed by atoms with Crippen LogP contribution in [0.15, 0.2) is 12.1 Å². The average Bonchev–Trinajstić information content (AvgIpc) is 2.30. The summed E-state index contributed by atoms with van der Waals surface area (Å²) in [4.78, 5) is 11.3. The summed E-state index contributed by atoms with van der Waals surface area (Å²) < 4.78 is 26.1. The van der Waals surface area contributed by atoms with Crippen LogP contribution in [0, 0.1) is 11.6 Å². The number of benzene rings is 1. The number of phenolic OH excluding ortho intramolecular Hbond substituents is 1. The Balaban J connectivity index is 2.36. The van der Waals surface area contributed by atoms with Crippen LogP contribution in [0.3, 0.4) is 0 Å². The molecule has 1 rings (SSSR count). The minimum atomic E-state index is -0.991. The van der Waals surface area contributed by atoms with Crippen LogP contribution in [0.5, 0.6) is 5.75 Å². The Bertz CT molecular complexity index is 427. The normalized spacial score (nSPS) is 10.8. The quantitative estimate of drug-likeness (QED) is 0.690. The SMILES string of the molecule is CC(C)NC(=O)CCNCc1cc(F)c(O)c(F)c1. The topological polar surface area (TPSA) is 61.4 Å². The van der Waals surface area contributed by atoms with Crippen LogP contribution in [-0.4, -0.2) is 23.6 Å². The monoisotopic (exact) mass is 272 g/mol. The van der Waals surface area contributed by atoms with Gasteiger partial charge in [-0.3, -0.25) is 4.79 Å². The summed E-state index contributed by atoms with van der Waals surface area (Å²) in [6.07, 6.45) is 0.293. The highest BCUT2D eigenvalue weighted by Crippen LogP contribution is 2.21. The zero-order valence-electron chi connectivity index (χ0n) is 11.0. The largest absolute Gasteiger partial charge is 0.503 e. The first-order valence-corrected chi connectivity index (χ1v) is 6.07. The van der Waals surface area contributed by atoms with Gasteiger partial charge in [0.1, 0.15) is 0 Å². The van der Waals surface area contributed by atoms with Crippen molar-refractivity contribution in [2.75, 3.05) is 6.54 Å². The van der Waals surface area contributed by atoms with Crippen molar-refractivity contribution < 1.29 is 18.7 Å². The molecule has 0 fully saturated rings. The lowest BCUT2D eigenvalue weighted by Gasteiger charge is -2.09. The first-order valence-electron chi connectivity index (χ1n) is 6.07.